The molecule has 1 heterocycles. The minimum Gasteiger partial charge on any atom is -0.356 e. The third kappa shape index (κ3) is 5.76. The van der Waals surface area contributed by atoms with Gasteiger partial charge >= 0.3 is 0 Å². The fraction of sp³-hybridized carbons (Fsp3) is 0.375. The molecule has 0 spiro atoms. The summed E-state index contributed by atoms with van der Waals surface area (Å²) < 4.78 is 2.22. The van der Waals surface area contributed by atoms with E-state index >= 15 is 0 Å². The van der Waals surface area contributed by atoms with Crippen LogP contribution < -0.4 is 5.32 Å². The summed E-state index contributed by atoms with van der Waals surface area (Å²) >= 11 is 0. The molecular weight excluding hydrogens is 376 g/mol. The normalized spacial score (nSPS) is 11.2. The SMILES string of the molecule is Cc1ccc(C(=O)CCC(=O)NCCc2nc3ccccc3n2CCN(C)C)cc1. The van der Waals surface area contributed by atoms with Crippen molar-refractivity contribution >= 4 is 22.7 Å². The largest absolute Gasteiger partial charge is 0.356 e. The van der Waals surface area contributed by atoms with Crippen molar-refractivity contribution in [2.45, 2.75) is 32.7 Å². The lowest BCUT2D eigenvalue weighted by Crippen LogP contribution is -2.27. The number of carbonyl (C=O) groups is 2. The Morgan fingerprint density at radius 3 is 2.50 bits per heavy atom. The van der Waals surface area contributed by atoms with E-state index in [9.17, 15) is 9.59 Å². The molecule has 0 atom stereocenters. The Kier molecular flexibility index (Phi) is 7.36. The summed E-state index contributed by atoms with van der Waals surface area (Å²) in [7, 11) is 4.10. The van der Waals surface area contributed by atoms with Gasteiger partial charge in [-0.05, 0) is 33.2 Å². The van der Waals surface area contributed by atoms with Gasteiger partial charge < -0.3 is 14.8 Å². The fourth-order valence-electron chi connectivity index (χ4n) is 3.38. The van der Waals surface area contributed by atoms with Crippen LogP contribution in [0.4, 0.5) is 0 Å². The van der Waals surface area contributed by atoms with Crippen LogP contribution >= 0.6 is 0 Å². The first-order chi connectivity index (χ1) is 14.4. The summed E-state index contributed by atoms with van der Waals surface area (Å²) in [5, 5.41) is 2.93. The Labute approximate surface area is 177 Å². The standard InChI is InChI=1S/C24H30N4O2/c1-18-8-10-19(11-9-18)22(29)12-13-24(30)25-15-14-23-26-20-6-4-5-7-21(20)28(23)17-16-27(2)3/h4-11H,12-17H2,1-3H3,(H,25,30). The molecule has 0 saturated carbocycles. The van der Waals surface area contributed by atoms with Crippen LogP contribution in [-0.2, 0) is 17.8 Å². The predicted octanol–water partition coefficient (Wildman–Crippen LogP) is 3.23. The number of nitrogens with one attached hydrogen (secondary N) is 1. The van der Waals surface area contributed by atoms with Gasteiger partial charge in [0.15, 0.2) is 5.78 Å². The number of hydrogen-bond acceptors (Lipinski definition) is 4. The van der Waals surface area contributed by atoms with E-state index < -0.39 is 0 Å². The topological polar surface area (TPSA) is 67.2 Å². The Balaban J connectivity index is 1.52. The zero-order chi connectivity index (χ0) is 21.5. The van der Waals surface area contributed by atoms with Gasteiger partial charge in [-0.1, -0.05) is 42.0 Å². The molecule has 6 heteroatoms. The van der Waals surface area contributed by atoms with Gasteiger partial charge in [0, 0.05) is 44.5 Å². The molecule has 0 bridgehead atoms. The van der Waals surface area contributed by atoms with Crippen LogP contribution in [0.1, 0.15) is 34.6 Å². The minimum absolute atomic E-state index is 0.00405. The summed E-state index contributed by atoms with van der Waals surface area (Å²) in [4.78, 5) is 31.3. The highest BCUT2D eigenvalue weighted by molar-refractivity contribution is 5.97. The molecule has 0 aliphatic rings. The van der Waals surface area contributed by atoms with Crippen LogP contribution in [0.2, 0.25) is 0 Å². The molecule has 1 N–H and O–H groups in total. The molecule has 0 aliphatic heterocycles. The van der Waals surface area contributed by atoms with Gasteiger partial charge in [-0.2, -0.15) is 0 Å². The van der Waals surface area contributed by atoms with Crippen molar-refractivity contribution in [3.8, 4) is 0 Å². The van der Waals surface area contributed by atoms with Gasteiger partial charge in [-0.3, -0.25) is 9.59 Å². The van der Waals surface area contributed by atoms with Crippen molar-refractivity contribution in [3.63, 3.8) is 0 Å². The van der Waals surface area contributed by atoms with E-state index in [1.54, 1.807) is 0 Å². The van der Waals surface area contributed by atoms with Crippen molar-refractivity contribution in [2.75, 3.05) is 27.2 Å². The van der Waals surface area contributed by atoms with Crippen molar-refractivity contribution in [1.29, 1.82) is 0 Å². The quantitative estimate of drug-likeness (QED) is 0.525. The molecule has 3 aromatic rings. The summed E-state index contributed by atoms with van der Waals surface area (Å²) in [5.41, 5.74) is 3.86. The molecule has 158 valence electrons. The molecule has 1 aromatic heterocycles. The first-order valence-corrected chi connectivity index (χ1v) is 10.4. The van der Waals surface area contributed by atoms with E-state index in [0.717, 1.165) is 35.5 Å². The predicted molar refractivity (Wildman–Crippen MR) is 120 cm³/mol. The number of carbonyl (C=O) groups excluding carboxylic acids is 2. The van der Waals surface area contributed by atoms with Crippen molar-refractivity contribution < 1.29 is 9.59 Å². The highest BCUT2D eigenvalue weighted by atomic mass is 16.2. The number of Topliss-reactive ketones (excluding diaryl/α,β-unsaturated/α-hetero) is 1. The number of ketones is 1. The number of fused-ring (bicyclic) bond motifs is 1. The molecule has 0 radical (unpaired) electrons. The maximum Gasteiger partial charge on any atom is 0.220 e. The second-order valence-corrected chi connectivity index (χ2v) is 7.86. The Morgan fingerprint density at radius 2 is 1.77 bits per heavy atom. The number of rotatable bonds is 10. The van der Waals surface area contributed by atoms with Crippen LogP contribution in [0.15, 0.2) is 48.5 Å². The number of likely N-dealkylation sites (N-methyl/N-ethyl adjacent to an activating group) is 1. The van der Waals surface area contributed by atoms with Crippen LogP contribution in [0.25, 0.3) is 11.0 Å². The molecule has 2 aromatic carbocycles. The van der Waals surface area contributed by atoms with E-state index in [-0.39, 0.29) is 24.5 Å². The van der Waals surface area contributed by atoms with E-state index in [1.807, 2.05) is 49.4 Å². The summed E-state index contributed by atoms with van der Waals surface area (Å²) in [6.45, 7) is 4.25. The highest BCUT2D eigenvalue weighted by Crippen LogP contribution is 2.16. The van der Waals surface area contributed by atoms with Gasteiger partial charge in [-0.15, -0.1) is 0 Å². The number of benzene rings is 2. The zero-order valence-electron chi connectivity index (χ0n) is 18.0. The number of hydrogen-bond donors (Lipinski definition) is 1. The lowest BCUT2D eigenvalue weighted by molar-refractivity contribution is -0.121. The Morgan fingerprint density at radius 1 is 1.03 bits per heavy atom. The third-order valence-electron chi connectivity index (χ3n) is 5.13. The third-order valence-corrected chi connectivity index (χ3v) is 5.13. The number of para-hydroxylation sites is 2. The summed E-state index contributed by atoms with van der Waals surface area (Å²) in [6.07, 6.45) is 1.07. The highest BCUT2D eigenvalue weighted by Gasteiger charge is 2.12. The average Bonchev–Trinajstić information content (AvgIpc) is 3.08. The molecule has 3 rings (SSSR count). The molecule has 6 nitrogen and oxygen atoms in total. The van der Waals surface area contributed by atoms with E-state index in [2.05, 4.69) is 34.9 Å². The molecule has 30 heavy (non-hydrogen) atoms. The summed E-state index contributed by atoms with van der Waals surface area (Å²) in [6, 6.07) is 15.6. The maximum atomic E-state index is 12.2. The second-order valence-electron chi connectivity index (χ2n) is 7.86. The van der Waals surface area contributed by atoms with E-state index in [4.69, 9.17) is 4.98 Å². The Bertz CT molecular complexity index is 1010. The first-order valence-electron chi connectivity index (χ1n) is 10.4. The molecule has 0 fully saturated rings. The van der Waals surface area contributed by atoms with Gasteiger partial charge in [-0.25, -0.2) is 4.98 Å². The molecule has 0 aliphatic carbocycles. The molecule has 1 amide bonds. The van der Waals surface area contributed by atoms with E-state index in [0.29, 0.717) is 18.5 Å². The number of imidazole rings is 1. The molecule has 0 unspecified atom stereocenters. The van der Waals surface area contributed by atoms with E-state index in [1.165, 1.54) is 0 Å². The van der Waals surface area contributed by atoms with Crippen LogP contribution in [0.3, 0.4) is 0 Å². The second kappa shape index (κ2) is 10.2. The van der Waals surface area contributed by atoms with Crippen molar-refractivity contribution in [2.24, 2.45) is 0 Å². The maximum absolute atomic E-state index is 12.2. The fourth-order valence-corrected chi connectivity index (χ4v) is 3.38. The smallest absolute Gasteiger partial charge is 0.220 e. The summed E-state index contributed by atoms with van der Waals surface area (Å²) in [5.74, 6) is 0.858. The molecule has 0 saturated heterocycles. The van der Waals surface area contributed by atoms with Crippen LogP contribution in [0, 0.1) is 6.92 Å². The lowest BCUT2D eigenvalue weighted by atomic mass is 10.1. The van der Waals surface area contributed by atoms with Gasteiger partial charge in [0.2, 0.25) is 5.91 Å². The van der Waals surface area contributed by atoms with Crippen molar-refractivity contribution in [1.82, 2.24) is 19.8 Å². The van der Waals surface area contributed by atoms with Gasteiger partial charge in [0.25, 0.3) is 0 Å². The number of aryl methyl sites for hydroxylation is 1. The monoisotopic (exact) mass is 406 g/mol. The average molecular weight is 407 g/mol. The first kappa shape index (κ1) is 21.7. The number of amides is 1. The van der Waals surface area contributed by atoms with Crippen LogP contribution in [-0.4, -0.2) is 53.3 Å². The minimum atomic E-state index is -0.105. The van der Waals surface area contributed by atoms with Gasteiger partial charge in [0.1, 0.15) is 5.82 Å². The molecular formula is C24H30N4O2. The number of nitrogens with zero attached hydrogens (tertiary/aromatic N) is 3. The van der Waals surface area contributed by atoms with Gasteiger partial charge in [0.05, 0.1) is 11.0 Å². The zero-order valence-corrected chi connectivity index (χ0v) is 18.0. The number of aromatic nitrogens is 2. The lowest BCUT2D eigenvalue weighted by Gasteiger charge is -2.13. The van der Waals surface area contributed by atoms with Crippen LogP contribution in [0.5, 0.6) is 0 Å². The Hall–Kier alpha value is -2.99. The van der Waals surface area contributed by atoms with Crippen molar-refractivity contribution in [3.05, 3.63) is 65.5 Å².